The van der Waals surface area contributed by atoms with Crippen LogP contribution in [0, 0.1) is 6.07 Å². The van der Waals surface area contributed by atoms with Crippen LogP contribution in [0.15, 0.2) is 30.3 Å². The fourth-order valence-electron chi connectivity index (χ4n) is 0.901. The Morgan fingerprint density at radius 3 is 2.83 bits per heavy atom. The van der Waals surface area contributed by atoms with Crippen LogP contribution in [0.3, 0.4) is 0 Å². The van der Waals surface area contributed by atoms with Crippen LogP contribution >= 0.6 is 0 Å². The molecule has 1 rings (SSSR count). The van der Waals surface area contributed by atoms with Crippen molar-refractivity contribution in [2.24, 2.45) is 0 Å². The van der Waals surface area contributed by atoms with E-state index in [1.54, 1.807) is 0 Å². The topological polar surface area (TPSA) is 3.24 Å². The standard InChI is InChI=1S/C11H14N/c1-12(2)10-6-9-11-7-4-3-5-8-11/h3-7,9H,10H2,1-2H3/b9-6+. The minimum Gasteiger partial charge on any atom is -0.306 e. The number of rotatable bonds is 3. The third-order valence-electron chi connectivity index (χ3n) is 1.50. The highest BCUT2D eigenvalue weighted by atomic mass is 15.0. The van der Waals surface area contributed by atoms with Gasteiger partial charge in [-0.3, -0.25) is 0 Å². The summed E-state index contributed by atoms with van der Waals surface area (Å²) in [7, 11) is 4.11. The molecule has 1 radical (unpaired) electrons. The van der Waals surface area contributed by atoms with Gasteiger partial charge in [-0.2, -0.15) is 0 Å². The van der Waals surface area contributed by atoms with Gasteiger partial charge < -0.3 is 4.90 Å². The van der Waals surface area contributed by atoms with Gasteiger partial charge in [0.25, 0.3) is 0 Å². The Balaban J connectivity index is 2.47. The summed E-state index contributed by atoms with van der Waals surface area (Å²) in [5, 5.41) is 0. The van der Waals surface area contributed by atoms with Gasteiger partial charge in [0.1, 0.15) is 0 Å². The maximum Gasteiger partial charge on any atom is 0.0160 e. The molecular formula is C11H14N. The van der Waals surface area contributed by atoms with Gasteiger partial charge in [-0.05, 0) is 25.7 Å². The lowest BCUT2D eigenvalue weighted by Gasteiger charge is -2.03. The first-order valence-corrected chi connectivity index (χ1v) is 4.07. The molecule has 0 N–H and O–H groups in total. The largest absolute Gasteiger partial charge is 0.306 e. The van der Waals surface area contributed by atoms with Crippen LogP contribution in [-0.4, -0.2) is 25.5 Å². The number of hydrogen-bond acceptors (Lipinski definition) is 1. The summed E-state index contributed by atoms with van der Waals surface area (Å²) in [4.78, 5) is 2.12. The minimum absolute atomic E-state index is 0.975. The molecule has 12 heavy (non-hydrogen) atoms. The molecular weight excluding hydrogens is 146 g/mol. The summed E-state index contributed by atoms with van der Waals surface area (Å²) in [6.07, 6.45) is 4.21. The van der Waals surface area contributed by atoms with E-state index >= 15 is 0 Å². The monoisotopic (exact) mass is 160 g/mol. The molecule has 0 saturated carbocycles. The molecule has 1 nitrogen and oxygen atoms in total. The van der Waals surface area contributed by atoms with Crippen LogP contribution in [0.5, 0.6) is 0 Å². The molecule has 0 aliphatic heterocycles. The van der Waals surface area contributed by atoms with Crippen LogP contribution in [0.25, 0.3) is 6.08 Å². The molecule has 63 valence electrons. The lowest BCUT2D eigenvalue weighted by atomic mass is 10.2. The molecule has 0 unspecified atom stereocenters. The third-order valence-corrected chi connectivity index (χ3v) is 1.50. The predicted molar refractivity (Wildman–Crippen MR) is 52.9 cm³/mol. The summed E-state index contributed by atoms with van der Waals surface area (Å²) in [5.41, 5.74) is 1.14. The average Bonchev–Trinajstić information content (AvgIpc) is 2.05. The van der Waals surface area contributed by atoms with E-state index in [0.717, 1.165) is 12.1 Å². The van der Waals surface area contributed by atoms with Crippen LogP contribution in [0.2, 0.25) is 0 Å². The van der Waals surface area contributed by atoms with Gasteiger partial charge >= 0.3 is 0 Å². The van der Waals surface area contributed by atoms with Crippen molar-refractivity contribution >= 4 is 6.08 Å². The predicted octanol–water partition coefficient (Wildman–Crippen LogP) is 2.06. The van der Waals surface area contributed by atoms with E-state index in [1.165, 1.54) is 0 Å². The Hall–Kier alpha value is -1.08. The van der Waals surface area contributed by atoms with E-state index in [2.05, 4.69) is 37.2 Å². The van der Waals surface area contributed by atoms with Crippen LogP contribution in [0.4, 0.5) is 0 Å². The highest BCUT2D eigenvalue weighted by molar-refractivity contribution is 5.47. The highest BCUT2D eigenvalue weighted by Crippen LogP contribution is 1.99. The summed E-state index contributed by atoms with van der Waals surface area (Å²) < 4.78 is 0. The van der Waals surface area contributed by atoms with Crippen LogP contribution in [-0.2, 0) is 0 Å². The second kappa shape index (κ2) is 4.73. The van der Waals surface area contributed by atoms with Gasteiger partial charge in [0.05, 0.1) is 0 Å². The van der Waals surface area contributed by atoms with Gasteiger partial charge in [-0.15, -0.1) is 0 Å². The first kappa shape index (κ1) is 9.01. The molecule has 0 atom stereocenters. The Morgan fingerprint density at radius 2 is 2.25 bits per heavy atom. The lowest BCUT2D eigenvalue weighted by molar-refractivity contribution is 0.457. The summed E-state index contributed by atoms with van der Waals surface area (Å²) in [6, 6.07) is 11.1. The molecule has 0 aromatic heterocycles. The molecule has 0 fully saturated rings. The molecule has 0 amide bonds. The van der Waals surface area contributed by atoms with E-state index in [1.807, 2.05) is 24.3 Å². The van der Waals surface area contributed by atoms with Crippen molar-refractivity contribution in [2.75, 3.05) is 20.6 Å². The maximum absolute atomic E-state index is 3.14. The van der Waals surface area contributed by atoms with E-state index in [9.17, 15) is 0 Å². The molecule has 1 aromatic rings. The van der Waals surface area contributed by atoms with Crippen molar-refractivity contribution < 1.29 is 0 Å². The molecule has 0 bridgehead atoms. The number of likely N-dealkylation sites (N-methyl/N-ethyl adjacent to an activating group) is 1. The van der Waals surface area contributed by atoms with Crippen molar-refractivity contribution in [3.05, 3.63) is 42.0 Å². The fourth-order valence-corrected chi connectivity index (χ4v) is 0.901. The van der Waals surface area contributed by atoms with Gasteiger partial charge in [0.2, 0.25) is 0 Å². The maximum atomic E-state index is 3.14. The number of nitrogens with zero attached hydrogens (tertiary/aromatic N) is 1. The van der Waals surface area contributed by atoms with E-state index in [0.29, 0.717) is 0 Å². The first-order valence-electron chi connectivity index (χ1n) is 4.07. The smallest absolute Gasteiger partial charge is 0.0160 e. The first-order chi connectivity index (χ1) is 5.79. The molecule has 0 heterocycles. The van der Waals surface area contributed by atoms with Gasteiger partial charge in [-0.25, -0.2) is 0 Å². The zero-order chi connectivity index (χ0) is 8.81. The Kier molecular flexibility index (Phi) is 3.55. The van der Waals surface area contributed by atoms with Crippen molar-refractivity contribution in [2.45, 2.75) is 0 Å². The van der Waals surface area contributed by atoms with Crippen molar-refractivity contribution in [1.82, 2.24) is 4.90 Å². The van der Waals surface area contributed by atoms with Gasteiger partial charge in [-0.1, -0.05) is 36.4 Å². The second-order valence-corrected chi connectivity index (χ2v) is 2.98. The number of hydrogen-bond donors (Lipinski definition) is 0. The quantitative estimate of drug-likeness (QED) is 0.654. The van der Waals surface area contributed by atoms with Gasteiger partial charge in [0, 0.05) is 6.54 Å². The Bertz CT molecular complexity index is 236. The van der Waals surface area contributed by atoms with Crippen LogP contribution < -0.4 is 0 Å². The normalized spacial score (nSPS) is 11.2. The van der Waals surface area contributed by atoms with E-state index in [4.69, 9.17) is 0 Å². The van der Waals surface area contributed by atoms with Gasteiger partial charge in [0.15, 0.2) is 0 Å². The highest BCUT2D eigenvalue weighted by Gasteiger charge is 1.84. The second-order valence-electron chi connectivity index (χ2n) is 2.98. The molecule has 1 aromatic carbocycles. The molecule has 0 saturated heterocycles. The van der Waals surface area contributed by atoms with Crippen molar-refractivity contribution in [1.29, 1.82) is 0 Å². The molecule has 0 aliphatic rings. The molecule has 0 spiro atoms. The fraction of sp³-hybridized carbons (Fsp3) is 0.273. The summed E-state index contributed by atoms with van der Waals surface area (Å²) in [5.74, 6) is 0. The lowest BCUT2D eigenvalue weighted by Crippen LogP contribution is -2.10. The zero-order valence-corrected chi connectivity index (χ0v) is 7.62. The minimum atomic E-state index is 0.975. The SMILES string of the molecule is CN(C)C/C=C/c1[c]cccc1. The summed E-state index contributed by atoms with van der Waals surface area (Å²) >= 11 is 0. The van der Waals surface area contributed by atoms with E-state index < -0.39 is 0 Å². The van der Waals surface area contributed by atoms with Crippen LogP contribution in [0.1, 0.15) is 5.56 Å². The molecule has 0 aliphatic carbocycles. The zero-order valence-electron chi connectivity index (χ0n) is 7.62. The molecule has 1 heteroatoms. The number of benzene rings is 1. The van der Waals surface area contributed by atoms with Crippen molar-refractivity contribution in [3.63, 3.8) is 0 Å². The Morgan fingerprint density at radius 1 is 1.42 bits per heavy atom. The average molecular weight is 160 g/mol. The van der Waals surface area contributed by atoms with Crippen molar-refractivity contribution in [3.8, 4) is 0 Å². The van der Waals surface area contributed by atoms with E-state index in [-0.39, 0.29) is 0 Å². The summed E-state index contributed by atoms with van der Waals surface area (Å²) in [6.45, 7) is 0.975. The third kappa shape index (κ3) is 3.35. The Labute approximate surface area is 74.3 Å².